The predicted octanol–water partition coefficient (Wildman–Crippen LogP) is 1.42. The molecule has 17 heavy (non-hydrogen) atoms. The van der Waals surface area contributed by atoms with Crippen molar-refractivity contribution in [3.63, 3.8) is 0 Å². The summed E-state index contributed by atoms with van der Waals surface area (Å²) in [5, 5.41) is 6.82. The zero-order chi connectivity index (χ0) is 12.4. The molecular weight excluding hydrogens is 242 g/mol. The first-order valence-corrected chi connectivity index (χ1v) is 5.23. The summed E-state index contributed by atoms with van der Waals surface area (Å²) < 4.78 is 1.62. The van der Waals surface area contributed by atoms with E-state index < -0.39 is 0 Å². The molecule has 2 heterocycles. The molecule has 7 heteroatoms. The second-order valence-electron chi connectivity index (χ2n) is 3.45. The van der Waals surface area contributed by atoms with Crippen molar-refractivity contribution in [2.75, 3.05) is 5.32 Å². The number of hydrogen-bond donors (Lipinski definition) is 1. The van der Waals surface area contributed by atoms with Gasteiger partial charge in [0.25, 0.3) is 5.91 Å². The van der Waals surface area contributed by atoms with E-state index in [1.54, 1.807) is 11.7 Å². The van der Waals surface area contributed by atoms with Crippen LogP contribution in [0.1, 0.15) is 16.1 Å². The van der Waals surface area contributed by atoms with E-state index >= 15 is 0 Å². The molecule has 0 aliphatic carbocycles. The number of carbonyl (C=O) groups is 1. The highest BCUT2D eigenvalue weighted by atomic mass is 35.5. The van der Waals surface area contributed by atoms with Crippen LogP contribution in [-0.2, 0) is 7.05 Å². The number of nitrogens with zero attached hydrogens (tertiary/aromatic N) is 4. The van der Waals surface area contributed by atoms with Crippen molar-refractivity contribution in [3.8, 4) is 0 Å². The lowest BCUT2D eigenvalue weighted by atomic mass is 10.2. The lowest BCUT2D eigenvalue weighted by Gasteiger charge is -2.03. The summed E-state index contributed by atoms with van der Waals surface area (Å²) in [5.41, 5.74) is 1.27. The van der Waals surface area contributed by atoms with Gasteiger partial charge in [-0.3, -0.25) is 14.5 Å². The molecule has 1 amide bonds. The lowest BCUT2D eigenvalue weighted by molar-refractivity contribution is 0.102. The quantitative estimate of drug-likeness (QED) is 0.876. The van der Waals surface area contributed by atoms with Gasteiger partial charge in [-0.05, 0) is 6.92 Å². The van der Waals surface area contributed by atoms with Crippen molar-refractivity contribution in [1.29, 1.82) is 0 Å². The molecule has 0 aliphatic heterocycles. The average molecular weight is 252 g/mol. The maximum absolute atomic E-state index is 11.9. The third-order valence-corrected chi connectivity index (χ3v) is 2.51. The number of rotatable bonds is 2. The summed E-state index contributed by atoms with van der Waals surface area (Å²) in [4.78, 5) is 19.6. The molecule has 2 aromatic rings. The Morgan fingerprint density at radius 3 is 2.76 bits per heavy atom. The Kier molecular flexibility index (Phi) is 3.06. The molecule has 0 bridgehead atoms. The van der Waals surface area contributed by atoms with Gasteiger partial charge < -0.3 is 5.32 Å². The maximum Gasteiger partial charge on any atom is 0.260 e. The number of aromatic nitrogens is 4. The molecule has 0 aromatic carbocycles. The molecule has 6 nitrogen and oxygen atoms in total. The number of amides is 1. The van der Waals surface area contributed by atoms with E-state index in [4.69, 9.17) is 11.6 Å². The number of hydrogen-bond acceptors (Lipinski definition) is 4. The van der Waals surface area contributed by atoms with Crippen LogP contribution < -0.4 is 5.32 Å². The van der Waals surface area contributed by atoms with Crippen LogP contribution in [0.3, 0.4) is 0 Å². The van der Waals surface area contributed by atoms with Crippen LogP contribution >= 0.6 is 11.6 Å². The lowest BCUT2D eigenvalue weighted by Crippen LogP contribution is -2.14. The molecule has 1 N–H and O–H groups in total. The van der Waals surface area contributed by atoms with E-state index in [0.29, 0.717) is 11.4 Å². The maximum atomic E-state index is 11.9. The van der Waals surface area contributed by atoms with Crippen LogP contribution in [0.4, 0.5) is 5.82 Å². The highest BCUT2D eigenvalue weighted by Crippen LogP contribution is 2.11. The van der Waals surface area contributed by atoms with Crippen molar-refractivity contribution >= 4 is 23.3 Å². The van der Waals surface area contributed by atoms with Gasteiger partial charge in [-0.25, -0.2) is 4.98 Å². The second kappa shape index (κ2) is 4.50. The summed E-state index contributed by atoms with van der Waals surface area (Å²) in [6.07, 6.45) is 4.32. The predicted molar refractivity (Wildman–Crippen MR) is 62.9 cm³/mol. The molecular formula is C10H10ClN5O. The summed E-state index contributed by atoms with van der Waals surface area (Å²) in [7, 11) is 1.77. The Bertz CT molecular complexity index is 566. The molecule has 0 atom stereocenters. The van der Waals surface area contributed by atoms with Crippen LogP contribution in [0.5, 0.6) is 0 Å². The van der Waals surface area contributed by atoms with Gasteiger partial charge >= 0.3 is 0 Å². The molecule has 0 saturated heterocycles. The van der Waals surface area contributed by atoms with Crippen LogP contribution in [-0.4, -0.2) is 25.7 Å². The Balaban J connectivity index is 2.20. The van der Waals surface area contributed by atoms with E-state index in [2.05, 4.69) is 20.4 Å². The minimum absolute atomic E-state index is 0.228. The van der Waals surface area contributed by atoms with Crippen LogP contribution in [0, 0.1) is 6.92 Å². The van der Waals surface area contributed by atoms with Gasteiger partial charge in [0.15, 0.2) is 5.82 Å². The van der Waals surface area contributed by atoms with E-state index in [0.717, 1.165) is 5.69 Å². The fourth-order valence-electron chi connectivity index (χ4n) is 1.31. The van der Waals surface area contributed by atoms with Crippen molar-refractivity contribution in [1.82, 2.24) is 19.7 Å². The first kappa shape index (κ1) is 11.5. The minimum Gasteiger partial charge on any atom is -0.305 e. The summed E-state index contributed by atoms with van der Waals surface area (Å²) in [5.74, 6) is 0.0259. The van der Waals surface area contributed by atoms with E-state index in [-0.39, 0.29) is 11.1 Å². The Morgan fingerprint density at radius 1 is 1.41 bits per heavy atom. The van der Waals surface area contributed by atoms with Crippen molar-refractivity contribution < 1.29 is 4.79 Å². The number of nitrogens with one attached hydrogen (secondary N) is 1. The fraction of sp³-hybridized carbons (Fsp3) is 0.200. The molecule has 0 fully saturated rings. The topological polar surface area (TPSA) is 72.7 Å². The third-order valence-electron chi connectivity index (χ3n) is 2.33. The number of anilines is 1. The summed E-state index contributed by atoms with van der Waals surface area (Å²) in [6, 6.07) is 0. The van der Waals surface area contributed by atoms with E-state index in [1.165, 1.54) is 18.6 Å². The molecule has 2 aromatic heterocycles. The van der Waals surface area contributed by atoms with Crippen LogP contribution in [0.2, 0.25) is 5.15 Å². The Morgan fingerprint density at radius 2 is 2.18 bits per heavy atom. The normalized spacial score (nSPS) is 10.3. The van der Waals surface area contributed by atoms with Crippen LogP contribution in [0.25, 0.3) is 0 Å². The number of aryl methyl sites for hydroxylation is 1. The Labute approximate surface area is 103 Å². The standard InChI is InChI=1S/C10H10ClN5O/c1-6-7(3-13-16(6)2)10(17)15-9-5-12-4-8(11)14-9/h3-5H,1-2H3,(H,14,15,17). The molecule has 0 saturated carbocycles. The number of halogens is 1. The van der Waals surface area contributed by atoms with Gasteiger partial charge in [-0.15, -0.1) is 0 Å². The SMILES string of the molecule is Cc1c(C(=O)Nc2cncc(Cl)n2)cnn1C. The Hall–Kier alpha value is -1.95. The van der Waals surface area contributed by atoms with Crippen molar-refractivity contribution in [2.24, 2.45) is 7.05 Å². The molecule has 88 valence electrons. The van der Waals surface area contributed by atoms with Crippen molar-refractivity contribution in [2.45, 2.75) is 6.92 Å². The van der Waals surface area contributed by atoms with Gasteiger partial charge in [-0.2, -0.15) is 5.10 Å². The van der Waals surface area contributed by atoms with E-state index in [1.807, 2.05) is 6.92 Å². The van der Waals surface area contributed by atoms with Crippen molar-refractivity contribution in [3.05, 3.63) is 35.0 Å². The molecule has 2 rings (SSSR count). The van der Waals surface area contributed by atoms with Gasteiger partial charge in [0.2, 0.25) is 0 Å². The van der Waals surface area contributed by atoms with E-state index in [9.17, 15) is 4.79 Å². The third kappa shape index (κ3) is 2.42. The van der Waals surface area contributed by atoms with Gasteiger partial charge in [0.1, 0.15) is 5.15 Å². The molecule has 0 unspecified atom stereocenters. The highest BCUT2D eigenvalue weighted by Gasteiger charge is 2.13. The van der Waals surface area contributed by atoms with Gasteiger partial charge in [0, 0.05) is 12.7 Å². The van der Waals surface area contributed by atoms with Gasteiger partial charge in [0.05, 0.1) is 24.2 Å². The monoisotopic (exact) mass is 251 g/mol. The summed E-state index contributed by atoms with van der Waals surface area (Å²) in [6.45, 7) is 1.81. The average Bonchev–Trinajstić information content (AvgIpc) is 2.60. The molecule has 0 radical (unpaired) electrons. The zero-order valence-corrected chi connectivity index (χ0v) is 10.1. The first-order chi connectivity index (χ1) is 8.08. The fourth-order valence-corrected chi connectivity index (χ4v) is 1.46. The number of carbonyl (C=O) groups excluding carboxylic acids is 1. The molecule has 0 aliphatic rings. The second-order valence-corrected chi connectivity index (χ2v) is 3.84. The largest absolute Gasteiger partial charge is 0.305 e. The van der Waals surface area contributed by atoms with Gasteiger partial charge in [-0.1, -0.05) is 11.6 Å². The zero-order valence-electron chi connectivity index (χ0n) is 9.31. The highest BCUT2D eigenvalue weighted by molar-refractivity contribution is 6.29. The van der Waals surface area contributed by atoms with Crippen LogP contribution in [0.15, 0.2) is 18.6 Å². The minimum atomic E-state index is -0.285. The summed E-state index contributed by atoms with van der Waals surface area (Å²) >= 11 is 5.67. The molecule has 0 spiro atoms. The smallest absolute Gasteiger partial charge is 0.260 e. The first-order valence-electron chi connectivity index (χ1n) is 4.85.